The van der Waals surface area contributed by atoms with Gasteiger partial charge >= 0.3 is 5.97 Å². The molecular formula is C25H29NO6S. The maximum Gasteiger partial charge on any atom is 0.338 e. The lowest BCUT2D eigenvalue weighted by Gasteiger charge is -2.50. The zero-order chi connectivity index (χ0) is 23.5. The van der Waals surface area contributed by atoms with Crippen LogP contribution in [0.1, 0.15) is 60.0 Å². The number of carbonyl (C=O) groups excluding carboxylic acids is 1. The van der Waals surface area contributed by atoms with Crippen LogP contribution in [0.25, 0.3) is 0 Å². The molecule has 0 spiro atoms. The fourth-order valence-corrected chi connectivity index (χ4v) is 7.29. The molecule has 0 heterocycles. The number of aliphatic hydroxyl groups is 1. The van der Waals surface area contributed by atoms with Crippen LogP contribution in [0.2, 0.25) is 0 Å². The minimum absolute atomic E-state index is 0.0980. The molecule has 2 fully saturated rings. The van der Waals surface area contributed by atoms with Gasteiger partial charge in [-0.25, -0.2) is 18.4 Å². The molecule has 0 saturated heterocycles. The predicted molar refractivity (Wildman–Crippen MR) is 121 cm³/mol. The Balaban J connectivity index is 1.39. The van der Waals surface area contributed by atoms with Crippen LogP contribution in [0, 0.1) is 17.3 Å². The number of hydrogen-bond donors (Lipinski definition) is 3. The number of sulfonamides is 1. The summed E-state index contributed by atoms with van der Waals surface area (Å²) in [4.78, 5) is 12.8. The van der Waals surface area contributed by atoms with Gasteiger partial charge in [-0.3, -0.25) is 0 Å². The van der Waals surface area contributed by atoms with E-state index in [2.05, 4.69) is 6.92 Å². The van der Waals surface area contributed by atoms with Gasteiger partial charge in [-0.05, 0) is 91.3 Å². The van der Waals surface area contributed by atoms with Crippen molar-refractivity contribution in [2.75, 3.05) is 0 Å². The van der Waals surface area contributed by atoms with E-state index >= 15 is 0 Å². The van der Waals surface area contributed by atoms with Gasteiger partial charge < -0.3 is 14.9 Å². The third kappa shape index (κ3) is 3.74. The number of primary sulfonamides is 1. The van der Waals surface area contributed by atoms with Gasteiger partial charge in [0.25, 0.3) is 0 Å². The summed E-state index contributed by atoms with van der Waals surface area (Å²) in [6, 6.07) is 11.1. The van der Waals surface area contributed by atoms with Crippen LogP contribution in [-0.2, 0) is 21.2 Å². The van der Waals surface area contributed by atoms with Gasteiger partial charge in [-0.1, -0.05) is 19.1 Å². The molecule has 5 rings (SSSR count). The zero-order valence-corrected chi connectivity index (χ0v) is 19.3. The second-order valence-electron chi connectivity index (χ2n) is 10.0. The third-order valence-corrected chi connectivity index (χ3v) is 9.19. The van der Waals surface area contributed by atoms with Gasteiger partial charge in [0.05, 0.1) is 16.6 Å². The number of esters is 1. The lowest BCUT2D eigenvalue weighted by Crippen LogP contribution is -2.46. The molecular weight excluding hydrogens is 442 g/mol. The van der Waals surface area contributed by atoms with Crippen LogP contribution >= 0.6 is 0 Å². The maximum atomic E-state index is 12.9. The molecule has 3 aliphatic carbocycles. The van der Waals surface area contributed by atoms with Crippen molar-refractivity contribution in [3.8, 4) is 5.75 Å². The Labute approximate surface area is 193 Å². The highest BCUT2D eigenvalue weighted by atomic mass is 32.2. The number of aromatic hydroxyl groups is 1. The average molecular weight is 472 g/mol. The second-order valence-corrected chi connectivity index (χ2v) is 11.6. The molecule has 0 aromatic heterocycles. The fourth-order valence-electron chi connectivity index (χ4n) is 6.73. The van der Waals surface area contributed by atoms with Gasteiger partial charge in [-0.2, -0.15) is 0 Å². The molecule has 0 radical (unpaired) electrons. The van der Waals surface area contributed by atoms with E-state index in [0.717, 1.165) is 25.7 Å². The Kier molecular flexibility index (Phi) is 5.30. The Hall–Kier alpha value is -2.42. The first-order valence-corrected chi connectivity index (χ1v) is 13.0. The summed E-state index contributed by atoms with van der Waals surface area (Å²) in [5.74, 6) is 0.604. The van der Waals surface area contributed by atoms with Crippen molar-refractivity contribution in [2.24, 2.45) is 22.4 Å². The van der Waals surface area contributed by atoms with Gasteiger partial charge in [0.2, 0.25) is 10.0 Å². The minimum Gasteiger partial charge on any atom is -0.508 e. The van der Waals surface area contributed by atoms with Crippen molar-refractivity contribution in [3.05, 3.63) is 59.2 Å². The topological polar surface area (TPSA) is 127 Å². The van der Waals surface area contributed by atoms with E-state index in [1.54, 1.807) is 6.07 Å². The molecule has 3 aliphatic rings. The number of hydrogen-bond acceptors (Lipinski definition) is 6. The highest BCUT2D eigenvalue weighted by molar-refractivity contribution is 7.89. The fraction of sp³-hybridized carbons (Fsp3) is 0.480. The van der Waals surface area contributed by atoms with Crippen molar-refractivity contribution >= 4 is 16.0 Å². The number of phenolic OH excluding ortho intramolecular Hbond substituents is 1. The summed E-state index contributed by atoms with van der Waals surface area (Å²) in [7, 11) is -3.94. The molecule has 2 aromatic rings. The van der Waals surface area contributed by atoms with Gasteiger partial charge in [0.1, 0.15) is 11.9 Å². The predicted octanol–water partition coefficient (Wildman–Crippen LogP) is 3.09. The normalized spacial score (nSPS) is 33.0. The number of ether oxygens (including phenoxy) is 1. The lowest BCUT2D eigenvalue weighted by atomic mass is 9.55. The molecule has 8 heteroatoms. The van der Waals surface area contributed by atoms with Crippen molar-refractivity contribution in [1.29, 1.82) is 0 Å². The molecule has 176 valence electrons. The molecule has 0 aliphatic heterocycles. The van der Waals surface area contributed by atoms with Crippen molar-refractivity contribution < 1.29 is 28.2 Å². The number of fused-ring (bicyclic) bond motifs is 5. The van der Waals surface area contributed by atoms with Crippen LogP contribution < -0.4 is 5.14 Å². The van der Waals surface area contributed by atoms with E-state index in [4.69, 9.17) is 9.88 Å². The molecule has 4 N–H and O–H groups in total. The monoisotopic (exact) mass is 471 g/mol. The summed E-state index contributed by atoms with van der Waals surface area (Å²) in [5.41, 5.74) is 2.24. The molecule has 0 unspecified atom stereocenters. The van der Waals surface area contributed by atoms with E-state index in [1.807, 2.05) is 12.1 Å². The molecule has 0 bridgehead atoms. The molecule has 33 heavy (non-hydrogen) atoms. The number of aliphatic hydroxyl groups excluding tert-OH is 1. The number of nitrogens with two attached hydrogens (primary N) is 1. The Morgan fingerprint density at radius 3 is 2.73 bits per heavy atom. The highest BCUT2D eigenvalue weighted by Crippen LogP contribution is 2.61. The first-order valence-electron chi connectivity index (χ1n) is 11.4. The lowest BCUT2D eigenvalue weighted by molar-refractivity contribution is -0.0676. The molecule has 7 nitrogen and oxygen atoms in total. The number of carbonyl (C=O) groups is 1. The number of phenols is 1. The minimum atomic E-state index is -3.94. The smallest absolute Gasteiger partial charge is 0.338 e. The van der Waals surface area contributed by atoms with Crippen molar-refractivity contribution in [1.82, 2.24) is 0 Å². The Morgan fingerprint density at radius 1 is 1.18 bits per heavy atom. The van der Waals surface area contributed by atoms with E-state index in [9.17, 15) is 23.4 Å². The van der Waals surface area contributed by atoms with E-state index in [-0.39, 0.29) is 21.8 Å². The number of aryl methyl sites for hydroxylation is 1. The largest absolute Gasteiger partial charge is 0.508 e. The summed E-state index contributed by atoms with van der Waals surface area (Å²) in [5, 5.41) is 26.0. The average Bonchev–Trinajstić information content (AvgIpc) is 3.03. The maximum absolute atomic E-state index is 12.9. The van der Waals surface area contributed by atoms with Crippen molar-refractivity contribution in [2.45, 2.75) is 62.0 Å². The third-order valence-electron chi connectivity index (χ3n) is 8.27. The van der Waals surface area contributed by atoms with Crippen LogP contribution in [-0.4, -0.2) is 36.8 Å². The summed E-state index contributed by atoms with van der Waals surface area (Å²) < 4.78 is 29.2. The van der Waals surface area contributed by atoms with Gasteiger partial charge in [0.15, 0.2) is 0 Å². The zero-order valence-electron chi connectivity index (χ0n) is 18.5. The first-order chi connectivity index (χ1) is 15.6. The van der Waals surface area contributed by atoms with Crippen molar-refractivity contribution in [3.63, 3.8) is 0 Å². The summed E-state index contributed by atoms with van der Waals surface area (Å²) in [6.07, 6.45) is 2.74. The van der Waals surface area contributed by atoms with Crippen LogP contribution in [0.3, 0.4) is 0 Å². The molecule has 0 amide bonds. The first kappa shape index (κ1) is 22.4. The Bertz CT molecular complexity index is 1210. The molecule has 2 saturated carbocycles. The quantitative estimate of drug-likeness (QED) is 0.591. The number of rotatable bonds is 3. The van der Waals surface area contributed by atoms with Gasteiger partial charge in [-0.15, -0.1) is 0 Å². The Morgan fingerprint density at radius 2 is 1.97 bits per heavy atom. The second kappa shape index (κ2) is 7.82. The van der Waals surface area contributed by atoms with Crippen LogP contribution in [0.15, 0.2) is 47.4 Å². The van der Waals surface area contributed by atoms with Gasteiger partial charge in [0, 0.05) is 5.41 Å². The highest BCUT2D eigenvalue weighted by Gasteiger charge is 2.59. The SMILES string of the molecule is C[C@]12CC[C@@H]3c4ccc(O)cc4CC[C@H]3[C@@H]1C[C@@H](O)[C@@H]2OC(=O)c1cccc(S(N)(=O)=O)c1. The molecule has 2 aromatic carbocycles. The summed E-state index contributed by atoms with van der Waals surface area (Å²) in [6.45, 7) is 2.11. The molecule has 6 atom stereocenters. The van der Waals surface area contributed by atoms with Crippen LogP contribution in [0.4, 0.5) is 0 Å². The summed E-state index contributed by atoms with van der Waals surface area (Å²) >= 11 is 0. The number of benzene rings is 2. The standard InChI is InChI=1S/C25H29NO6S/c1-25-10-9-19-18-8-6-16(27)11-14(18)5-7-20(19)21(25)13-22(28)23(25)32-24(29)15-3-2-4-17(12-15)33(26,30)31/h2-4,6,8,11-12,19-23,27-28H,5,7,9-10,13H2,1H3,(H2,26,30,31)/t19-,20-,21+,22-,23+,25+/m1/s1. The van der Waals surface area contributed by atoms with E-state index < -0.39 is 28.2 Å². The van der Waals surface area contributed by atoms with E-state index in [0.29, 0.717) is 24.0 Å². The van der Waals surface area contributed by atoms with E-state index in [1.165, 1.54) is 35.4 Å². The van der Waals surface area contributed by atoms with Crippen LogP contribution in [0.5, 0.6) is 5.75 Å².